The standard InChI is InChI=1S/C26H30N2O3/c1-18(10-13-22-8-6-5-7-9-22)27-25(29)21(4)31-26(30)23-14-16-24(17-15-23)28-19(2)11-12-20(28)3/h5-9,11-12,14-18,21H,10,13H2,1-4H3,(H,27,29)/t18-,21-/m1/s1. The van der Waals surface area contributed by atoms with E-state index in [1.807, 2.05) is 51.1 Å². The van der Waals surface area contributed by atoms with Crippen molar-refractivity contribution in [3.8, 4) is 5.69 Å². The van der Waals surface area contributed by atoms with Crippen molar-refractivity contribution >= 4 is 11.9 Å². The second kappa shape index (κ2) is 10.1. The molecule has 1 heterocycles. The van der Waals surface area contributed by atoms with Crippen LogP contribution in [0.1, 0.15) is 47.6 Å². The Morgan fingerprint density at radius 2 is 1.52 bits per heavy atom. The molecule has 2 atom stereocenters. The van der Waals surface area contributed by atoms with E-state index >= 15 is 0 Å². The minimum atomic E-state index is -0.861. The van der Waals surface area contributed by atoms with Gasteiger partial charge in [-0.05, 0) is 82.5 Å². The van der Waals surface area contributed by atoms with Crippen LogP contribution in [0, 0.1) is 13.8 Å². The molecule has 0 saturated heterocycles. The van der Waals surface area contributed by atoms with Crippen molar-refractivity contribution in [2.75, 3.05) is 0 Å². The molecule has 5 nitrogen and oxygen atoms in total. The molecule has 31 heavy (non-hydrogen) atoms. The van der Waals surface area contributed by atoms with Crippen LogP contribution >= 0.6 is 0 Å². The summed E-state index contributed by atoms with van der Waals surface area (Å²) in [6.45, 7) is 7.63. The van der Waals surface area contributed by atoms with E-state index in [1.165, 1.54) is 5.56 Å². The number of amides is 1. The molecular weight excluding hydrogens is 388 g/mol. The van der Waals surface area contributed by atoms with Gasteiger partial charge in [0.15, 0.2) is 6.10 Å². The second-order valence-corrected chi connectivity index (χ2v) is 7.98. The number of rotatable bonds is 8. The van der Waals surface area contributed by atoms with Crippen LogP contribution < -0.4 is 5.32 Å². The number of carbonyl (C=O) groups excluding carboxylic acids is 2. The Bertz CT molecular complexity index is 1000. The Hall–Kier alpha value is -3.34. The first-order valence-corrected chi connectivity index (χ1v) is 10.7. The third-order valence-corrected chi connectivity index (χ3v) is 5.38. The number of esters is 1. The molecule has 0 aliphatic rings. The van der Waals surface area contributed by atoms with Crippen molar-refractivity contribution < 1.29 is 14.3 Å². The molecule has 162 valence electrons. The van der Waals surface area contributed by atoms with E-state index in [0.29, 0.717) is 5.56 Å². The fraction of sp³-hybridized carbons (Fsp3) is 0.308. The Labute approximate surface area is 184 Å². The highest BCUT2D eigenvalue weighted by Crippen LogP contribution is 2.17. The summed E-state index contributed by atoms with van der Waals surface area (Å²) in [6, 6.07) is 21.5. The first-order valence-electron chi connectivity index (χ1n) is 10.7. The number of nitrogens with one attached hydrogen (secondary N) is 1. The van der Waals surface area contributed by atoms with E-state index in [4.69, 9.17) is 4.74 Å². The third kappa shape index (κ3) is 5.85. The second-order valence-electron chi connectivity index (χ2n) is 7.98. The number of hydrogen-bond donors (Lipinski definition) is 1. The predicted molar refractivity (Wildman–Crippen MR) is 122 cm³/mol. The molecule has 0 saturated carbocycles. The van der Waals surface area contributed by atoms with E-state index in [2.05, 4.69) is 34.1 Å². The van der Waals surface area contributed by atoms with Crippen LogP contribution in [-0.2, 0) is 16.0 Å². The average Bonchev–Trinajstić information content (AvgIpc) is 3.11. The fourth-order valence-corrected chi connectivity index (χ4v) is 3.56. The van der Waals surface area contributed by atoms with Gasteiger partial charge in [0.2, 0.25) is 0 Å². The lowest BCUT2D eigenvalue weighted by molar-refractivity contribution is -0.129. The lowest BCUT2D eigenvalue weighted by Gasteiger charge is -2.18. The van der Waals surface area contributed by atoms with Crippen LogP contribution in [0.4, 0.5) is 0 Å². The molecule has 3 rings (SSSR count). The van der Waals surface area contributed by atoms with E-state index in [-0.39, 0.29) is 11.9 Å². The number of ether oxygens (including phenoxy) is 1. The van der Waals surface area contributed by atoms with Crippen LogP contribution in [0.3, 0.4) is 0 Å². The summed E-state index contributed by atoms with van der Waals surface area (Å²) < 4.78 is 7.50. The van der Waals surface area contributed by atoms with Crippen molar-refractivity contribution in [3.63, 3.8) is 0 Å². The minimum Gasteiger partial charge on any atom is -0.449 e. The summed E-state index contributed by atoms with van der Waals surface area (Å²) in [5.74, 6) is -0.795. The Kier molecular flexibility index (Phi) is 7.29. The maximum Gasteiger partial charge on any atom is 0.338 e. The van der Waals surface area contributed by atoms with Crippen LogP contribution in [0.25, 0.3) is 5.69 Å². The van der Waals surface area contributed by atoms with E-state index in [9.17, 15) is 9.59 Å². The molecule has 0 radical (unpaired) electrons. The van der Waals surface area contributed by atoms with Crippen LogP contribution in [0.5, 0.6) is 0 Å². The highest BCUT2D eigenvalue weighted by atomic mass is 16.5. The van der Waals surface area contributed by atoms with Gasteiger partial charge in [0, 0.05) is 23.1 Å². The van der Waals surface area contributed by atoms with Crippen molar-refractivity contribution in [2.24, 2.45) is 0 Å². The lowest BCUT2D eigenvalue weighted by atomic mass is 10.1. The van der Waals surface area contributed by atoms with Crippen molar-refractivity contribution in [3.05, 3.63) is 89.2 Å². The van der Waals surface area contributed by atoms with Crippen LogP contribution in [-0.4, -0.2) is 28.6 Å². The fourth-order valence-electron chi connectivity index (χ4n) is 3.56. The van der Waals surface area contributed by atoms with Gasteiger partial charge in [0.1, 0.15) is 0 Å². The van der Waals surface area contributed by atoms with Gasteiger partial charge in [-0.3, -0.25) is 4.79 Å². The summed E-state index contributed by atoms with van der Waals surface area (Å²) >= 11 is 0. The molecule has 1 amide bonds. The molecule has 5 heteroatoms. The van der Waals surface area contributed by atoms with Crippen molar-refractivity contribution in [2.45, 2.75) is 52.7 Å². The minimum absolute atomic E-state index is 0.0128. The van der Waals surface area contributed by atoms with Gasteiger partial charge >= 0.3 is 5.97 Å². The molecular formula is C26H30N2O3. The summed E-state index contributed by atoms with van der Waals surface area (Å²) in [4.78, 5) is 24.9. The Morgan fingerprint density at radius 1 is 0.903 bits per heavy atom. The van der Waals surface area contributed by atoms with E-state index in [1.54, 1.807) is 19.1 Å². The van der Waals surface area contributed by atoms with Gasteiger partial charge in [-0.1, -0.05) is 30.3 Å². The number of benzene rings is 2. The molecule has 1 aromatic heterocycles. The highest BCUT2D eigenvalue weighted by molar-refractivity contribution is 5.92. The summed E-state index contributed by atoms with van der Waals surface area (Å²) in [7, 11) is 0. The third-order valence-electron chi connectivity index (χ3n) is 5.38. The van der Waals surface area contributed by atoms with E-state index in [0.717, 1.165) is 29.9 Å². The van der Waals surface area contributed by atoms with Gasteiger partial charge in [-0.15, -0.1) is 0 Å². The monoisotopic (exact) mass is 418 g/mol. The highest BCUT2D eigenvalue weighted by Gasteiger charge is 2.20. The zero-order valence-corrected chi connectivity index (χ0v) is 18.6. The first kappa shape index (κ1) is 22.3. The molecule has 0 bridgehead atoms. The molecule has 0 unspecified atom stereocenters. The Balaban J connectivity index is 1.51. The van der Waals surface area contributed by atoms with Gasteiger partial charge in [-0.25, -0.2) is 4.79 Å². The molecule has 0 aliphatic carbocycles. The molecule has 3 aromatic rings. The predicted octanol–water partition coefficient (Wildman–Crippen LogP) is 4.78. The molecule has 2 aromatic carbocycles. The van der Waals surface area contributed by atoms with Crippen molar-refractivity contribution in [1.29, 1.82) is 0 Å². The number of aromatic nitrogens is 1. The molecule has 0 fully saturated rings. The van der Waals surface area contributed by atoms with Crippen molar-refractivity contribution in [1.82, 2.24) is 9.88 Å². The molecule has 0 spiro atoms. The van der Waals surface area contributed by atoms with Gasteiger partial charge in [-0.2, -0.15) is 0 Å². The summed E-state index contributed by atoms with van der Waals surface area (Å²) in [5.41, 5.74) is 4.88. The molecule has 1 N–H and O–H groups in total. The van der Waals surface area contributed by atoms with Crippen LogP contribution in [0.2, 0.25) is 0 Å². The quantitative estimate of drug-likeness (QED) is 0.536. The molecule has 0 aliphatic heterocycles. The SMILES string of the molecule is Cc1ccc(C)n1-c1ccc(C(=O)O[C@H](C)C(=O)N[C@H](C)CCc2ccccc2)cc1. The average molecular weight is 419 g/mol. The zero-order valence-electron chi connectivity index (χ0n) is 18.6. The summed E-state index contributed by atoms with van der Waals surface area (Å²) in [6.07, 6.45) is 0.833. The zero-order chi connectivity index (χ0) is 22.4. The van der Waals surface area contributed by atoms with Crippen LogP contribution in [0.15, 0.2) is 66.7 Å². The Morgan fingerprint density at radius 3 is 2.13 bits per heavy atom. The first-order chi connectivity index (χ1) is 14.8. The van der Waals surface area contributed by atoms with Gasteiger partial charge in [0.05, 0.1) is 5.56 Å². The normalized spacial score (nSPS) is 12.8. The maximum atomic E-state index is 12.5. The summed E-state index contributed by atoms with van der Waals surface area (Å²) in [5, 5.41) is 2.93. The van der Waals surface area contributed by atoms with Gasteiger partial charge < -0.3 is 14.6 Å². The lowest BCUT2D eigenvalue weighted by Crippen LogP contribution is -2.41. The van der Waals surface area contributed by atoms with E-state index < -0.39 is 12.1 Å². The number of aryl methyl sites for hydroxylation is 3. The maximum absolute atomic E-state index is 12.5. The van der Waals surface area contributed by atoms with Gasteiger partial charge in [0.25, 0.3) is 5.91 Å². The topological polar surface area (TPSA) is 60.3 Å². The number of carbonyl (C=O) groups is 2. The largest absolute Gasteiger partial charge is 0.449 e. The smallest absolute Gasteiger partial charge is 0.338 e. The number of nitrogens with zero attached hydrogens (tertiary/aromatic N) is 1. The number of hydrogen-bond acceptors (Lipinski definition) is 3.